The zero-order valence-electron chi connectivity index (χ0n) is 33.6. The van der Waals surface area contributed by atoms with Gasteiger partial charge in [0, 0.05) is 62.0 Å². The number of benzene rings is 8. The monoisotopic (exact) mass is 791 g/mol. The van der Waals surface area contributed by atoms with Crippen molar-refractivity contribution in [1.29, 1.82) is 0 Å². The molecule has 0 atom stereocenters. The van der Waals surface area contributed by atoms with Crippen molar-refractivity contribution in [2.45, 2.75) is 0 Å². The first-order valence-corrected chi connectivity index (χ1v) is 20.9. The molecule has 5 heteroatoms. The molecule has 0 fully saturated rings. The maximum Gasteiger partial charge on any atom is 0.160 e. The van der Waals surface area contributed by atoms with E-state index in [0.717, 1.165) is 78.2 Å². The maximum absolute atomic E-state index is 5.42. The average Bonchev–Trinajstić information content (AvgIpc) is 3.88. The van der Waals surface area contributed by atoms with Gasteiger partial charge in [0.05, 0.1) is 33.5 Å². The fraction of sp³-hybridized carbons (Fsp3) is 0. The molecule has 0 saturated carbocycles. The van der Waals surface area contributed by atoms with Crippen molar-refractivity contribution in [3.8, 4) is 67.5 Å². The molecule has 0 aliphatic rings. The SMILES string of the molecule is c1ccc(-c2ccc(-c3cc(-c4cc(-n5c6ccccc6c6ccccc65)cc(-n5c6ccccc6c6ccccc65)c4)nc(-c4ccc(-c5cccnc5)cc4)n3)cc2)cc1. The molecular weight excluding hydrogens is 755 g/mol. The topological polar surface area (TPSA) is 48.5 Å². The Morgan fingerprint density at radius 2 is 0.694 bits per heavy atom. The second-order valence-corrected chi connectivity index (χ2v) is 15.7. The van der Waals surface area contributed by atoms with Gasteiger partial charge in [0.15, 0.2) is 5.82 Å². The zero-order chi connectivity index (χ0) is 41.0. The van der Waals surface area contributed by atoms with Crippen LogP contribution in [0.2, 0.25) is 0 Å². The zero-order valence-corrected chi connectivity index (χ0v) is 33.6. The standard InChI is InChI=1S/C57H37N5/c1-2-13-38(14-3-1)39-24-28-41(29-25-39)51-36-52(60-57(59-51)42-30-26-40(27-31-42)43-15-12-32-58-37-43)44-33-45(61-53-20-8-4-16-47(53)48-17-5-9-21-54(48)61)35-46(34-44)62-55-22-10-6-18-49(55)50-19-7-11-23-56(50)62/h1-37H. The molecule has 0 aliphatic carbocycles. The number of hydrogen-bond donors (Lipinski definition) is 0. The van der Waals surface area contributed by atoms with E-state index in [2.05, 4.69) is 214 Å². The van der Waals surface area contributed by atoms with E-state index in [9.17, 15) is 0 Å². The van der Waals surface area contributed by atoms with E-state index in [4.69, 9.17) is 9.97 Å². The van der Waals surface area contributed by atoms with Gasteiger partial charge >= 0.3 is 0 Å². The summed E-state index contributed by atoms with van der Waals surface area (Å²) in [5, 5.41) is 4.86. The van der Waals surface area contributed by atoms with Gasteiger partial charge in [-0.1, -0.05) is 158 Å². The van der Waals surface area contributed by atoms with Crippen LogP contribution < -0.4 is 0 Å². The summed E-state index contributed by atoms with van der Waals surface area (Å²) >= 11 is 0. The van der Waals surface area contributed by atoms with Crippen LogP contribution in [0.5, 0.6) is 0 Å². The van der Waals surface area contributed by atoms with Crippen molar-refractivity contribution in [2.75, 3.05) is 0 Å². The largest absolute Gasteiger partial charge is 0.309 e. The smallest absolute Gasteiger partial charge is 0.160 e. The third kappa shape index (κ3) is 6.06. The molecule has 0 amide bonds. The quantitative estimate of drug-likeness (QED) is 0.162. The molecule has 0 aliphatic heterocycles. The number of pyridine rings is 1. The predicted molar refractivity (Wildman–Crippen MR) is 256 cm³/mol. The first-order chi connectivity index (χ1) is 30.7. The molecule has 5 nitrogen and oxygen atoms in total. The van der Waals surface area contributed by atoms with Crippen LogP contribution in [0, 0.1) is 0 Å². The van der Waals surface area contributed by atoms with E-state index in [1.54, 1.807) is 6.20 Å². The first-order valence-electron chi connectivity index (χ1n) is 20.9. The molecule has 0 radical (unpaired) electrons. The van der Waals surface area contributed by atoms with Gasteiger partial charge in [-0.05, 0) is 76.9 Å². The minimum absolute atomic E-state index is 0.656. The number of para-hydroxylation sites is 4. The Hall–Kier alpha value is -8.41. The number of rotatable bonds is 7. The fourth-order valence-corrected chi connectivity index (χ4v) is 9.08. The molecule has 4 heterocycles. The summed E-state index contributed by atoms with van der Waals surface area (Å²) in [7, 11) is 0. The molecule has 290 valence electrons. The van der Waals surface area contributed by atoms with Crippen LogP contribution in [-0.2, 0) is 0 Å². The van der Waals surface area contributed by atoms with Crippen LogP contribution >= 0.6 is 0 Å². The Balaban J connectivity index is 1.11. The van der Waals surface area contributed by atoms with E-state index < -0.39 is 0 Å². The van der Waals surface area contributed by atoms with E-state index in [1.165, 1.54) is 27.1 Å². The number of hydrogen-bond acceptors (Lipinski definition) is 3. The Bertz CT molecular complexity index is 3260. The second-order valence-electron chi connectivity index (χ2n) is 15.7. The van der Waals surface area contributed by atoms with Gasteiger partial charge in [-0.2, -0.15) is 0 Å². The van der Waals surface area contributed by atoms with Crippen LogP contribution in [0.15, 0.2) is 225 Å². The second kappa shape index (κ2) is 14.7. The molecule has 4 aromatic heterocycles. The van der Waals surface area contributed by atoms with Gasteiger partial charge in [0.25, 0.3) is 0 Å². The summed E-state index contributed by atoms with van der Waals surface area (Å²) in [5.74, 6) is 0.656. The minimum Gasteiger partial charge on any atom is -0.309 e. The normalized spacial score (nSPS) is 11.5. The molecule has 12 aromatic rings. The van der Waals surface area contributed by atoms with E-state index >= 15 is 0 Å². The molecule has 62 heavy (non-hydrogen) atoms. The van der Waals surface area contributed by atoms with Crippen molar-refractivity contribution < 1.29 is 0 Å². The fourth-order valence-electron chi connectivity index (χ4n) is 9.08. The van der Waals surface area contributed by atoms with Gasteiger partial charge in [0.1, 0.15) is 0 Å². The highest BCUT2D eigenvalue weighted by Gasteiger charge is 2.19. The van der Waals surface area contributed by atoms with Crippen LogP contribution in [-0.4, -0.2) is 24.1 Å². The van der Waals surface area contributed by atoms with Crippen molar-refractivity contribution in [2.24, 2.45) is 0 Å². The first kappa shape index (κ1) is 35.5. The molecule has 0 saturated heterocycles. The molecule has 8 aromatic carbocycles. The summed E-state index contributed by atoms with van der Waals surface area (Å²) in [6.45, 7) is 0. The van der Waals surface area contributed by atoms with Crippen molar-refractivity contribution in [3.63, 3.8) is 0 Å². The third-order valence-electron chi connectivity index (χ3n) is 12.0. The number of nitrogens with zero attached hydrogens (tertiary/aromatic N) is 5. The highest BCUT2D eigenvalue weighted by atomic mass is 15.0. The van der Waals surface area contributed by atoms with Gasteiger partial charge in [-0.15, -0.1) is 0 Å². The lowest BCUT2D eigenvalue weighted by molar-refractivity contribution is 1.13. The molecule has 0 spiro atoms. The summed E-state index contributed by atoms with van der Waals surface area (Å²) < 4.78 is 4.79. The van der Waals surface area contributed by atoms with Crippen molar-refractivity contribution in [3.05, 3.63) is 225 Å². The summed E-state index contributed by atoms with van der Waals surface area (Å²) in [5.41, 5.74) is 15.8. The molecule has 0 bridgehead atoms. The lowest BCUT2D eigenvalue weighted by Gasteiger charge is -2.16. The predicted octanol–water partition coefficient (Wildman–Crippen LogP) is 14.4. The Labute approximate surface area is 358 Å². The lowest BCUT2D eigenvalue weighted by atomic mass is 10.0. The van der Waals surface area contributed by atoms with Gasteiger partial charge < -0.3 is 9.13 Å². The molecular formula is C57H37N5. The van der Waals surface area contributed by atoms with Crippen LogP contribution in [0.1, 0.15) is 0 Å². The van der Waals surface area contributed by atoms with Gasteiger partial charge in [0.2, 0.25) is 0 Å². The van der Waals surface area contributed by atoms with Gasteiger partial charge in [-0.3, -0.25) is 4.98 Å². The van der Waals surface area contributed by atoms with Crippen LogP contribution in [0.3, 0.4) is 0 Å². The summed E-state index contributed by atoms with van der Waals surface area (Å²) in [4.78, 5) is 15.0. The maximum atomic E-state index is 5.42. The summed E-state index contributed by atoms with van der Waals surface area (Å²) in [6.07, 6.45) is 3.69. The van der Waals surface area contributed by atoms with E-state index in [0.29, 0.717) is 5.82 Å². The van der Waals surface area contributed by atoms with E-state index in [1.807, 2.05) is 18.3 Å². The molecule has 12 rings (SSSR count). The minimum atomic E-state index is 0.656. The van der Waals surface area contributed by atoms with Gasteiger partial charge in [-0.25, -0.2) is 9.97 Å². The van der Waals surface area contributed by atoms with Crippen molar-refractivity contribution >= 4 is 43.6 Å². The van der Waals surface area contributed by atoms with Crippen molar-refractivity contribution in [1.82, 2.24) is 24.1 Å². The number of fused-ring (bicyclic) bond motifs is 6. The average molecular weight is 792 g/mol. The Kier molecular flexibility index (Phi) is 8.42. The Morgan fingerprint density at radius 1 is 0.290 bits per heavy atom. The lowest BCUT2D eigenvalue weighted by Crippen LogP contribution is -2.01. The highest BCUT2D eigenvalue weighted by molar-refractivity contribution is 6.10. The molecule has 0 N–H and O–H groups in total. The highest BCUT2D eigenvalue weighted by Crippen LogP contribution is 2.39. The van der Waals surface area contributed by atoms with Crippen LogP contribution in [0.25, 0.3) is 111 Å². The Morgan fingerprint density at radius 3 is 1.19 bits per heavy atom. The summed E-state index contributed by atoms with van der Waals surface area (Å²) in [6, 6.07) is 75.5. The number of aromatic nitrogens is 5. The van der Waals surface area contributed by atoms with E-state index in [-0.39, 0.29) is 0 Å². The van der Waals surface area contributed by atoms with Crippen LogP contribution in [0.4, 0.5) is 0 Å². The third-order valence-corrected chi connectivity index (χ3v) is 12.0. The molecule has 0 unspecified atom stereocenters.